The van der Waals surface area contributed by atoms with Gasteiger partial charge in [0.05, 0.1) is 5.69 Å². The van der Waals surface area contributed by atoms with Gasteiger partial charge in [-0.1, -0.05) is 24.8 Å². The van der Waals surface area contributed by atoms with E-state index in [0.29, 0.717) is 5.50 Å². The van der Waals surface area contributed by atoms with E-state index in [-0.39, 0.29) is 5.91 Å². The number of nitrogens with zero attached hydrogens (tertiary/aromatic N) is 1. The van der Waals surface area contributed by atoms with E-state index < -0.39 is 0 Å². The summed E-state index contributed by atoms with van der Waals surface area (Å²) in [4.78, 5) is 15.1. The van der Waals surface area contributed by atoms with Crippen LogP contribution in [0.1, 0.15) is 19.3 Å². The lowest BCUT2D eigenvalue weighted by Crippen LogP contribution is -2.40. The van der Waals surface area contributed by atoms with Crippen molar-refractivity contribution >= 4 is 29.0 Å². The van der Waals surface area contributed by atoms with Crippen LogP contribution in [-0.2, 0) is 4.79 Å². The van der Waals surface area contributed by atoms with Gasteiger partial charge < -0.3 is 10.6 Å². The third-order valence-corrected chi connectivity index (χ3v) is 4.92. The summed E-state index contributed by atoms with van der Waals surface area (Å²) in [7, 11) is 0. The molecule has 106 valence electrons. The number of benzene rings is 1. The highest BCUT2D eigenvalue weighted by molar-refractivity contribution is 8.00. The van der Waals surface area contributed by atoms with Crippen molar-refractivity contribution in [3.63, 3.8) is 0 Å². The summed E-state index contributed by atoms with van der Waals surface area (Å²) in [5, 5.41) is 6.34. The summed E-state index contributed by atoms with van der Waals surface area (Å²) < 4.78 is 0. The van der Waals surface area contributed by atoms with Crippen molar-refractivity contribution in [2.45, 2.75) is 29.7 Å². The zero-order valence-electron chi connectivity index (χ0n) is 11.4. The predicted octanol–water partition coefficient (Wildman–Crippen LogP) is 3.10. The van der Waals surface area contributed by atoms with Gasteiger partial charge in [0.1, 0.15) is 5.50 Å². The Morgan fingerprint density at radius 1 is 1.40 bits per heavy atom. The first-order valence-corrected chi connectivity index (χ1v) is 7.89. The van der Waals surface area contributed by atoms with Crippen LogP contribution >= 0.6 is 11.8 Å². The Labute approximate surface area is 123 Å². The zero-order chi connectivity index (χ0) is 13.9. The van der Waals surface area contributed by atoms with E-state index in [0.717, 1.165) is 11.4 Å². The molecule has 0 spiro atoms. The molecule has 0 aromatic heterocycles. The lowest BCUT2D eigenvalue weighted by atomic mass is 10.1. The van der Waals surface area contributed by atoms with Gasteiger partial charge in [-0.2, -0.15) is 0 Å². The van der Waals surface area contributed by atoms with Crippen molar-refractivity contribution in [2.24, 2.45) is 0 Å². The molecule has 0 saturated carbocycles. The lowest BCUT2D eigenvalue weighted by molar-refractivity contribution is -0.111. The molecule has 1 aromatic carbocycles. The largest absolute Gasteiger partial charge is 0.360 e. The van der Waals surface area contributed by atoms with E-state index in [1.54, 1.807) is 0 Å². The Balaban J connectivity index is 1.69. The molecule has 1 atom stereocenters. The summed E-state index contributed by atoms with van der Waals surface area (Å²) in [6.07, 6.45) is 5.20. The number of thioether (sulfide) groups is 1. The first-order chi connectivity index (χ1) is 9.76. The standard InChI is InChI=1S/C15H19N3OS/c1-2-14(19)16-11-6-7-13-12(10-11)17-15(20-13)18-8-4-3-5-9-18/h2,6-7,10,15,17H,1,3-5,8-9H2,(H,16,19). The number of piperidine rings is 1. The molecule has 1 fully saturated rings. The first-order valence-electron chi connectivity index (χ1n) is 7.01. The van der Waals surface area contributed by atoms with Gasteiger partial charge in [-0.05, 0) is 37.1 Å². The summed E-state index contributed by atoms with van der Waals surface area (Å²) in [6, 6.07) is 6.00. The van der Waals surface area contributed by atoms with Crippen LogP contribution in [0.3, 0.4) is 0 Å². The number of nitrogens with one attached hydrogen (secondary N) is 2. The Morgan fingerprint density at radius 2 is 2.20 bits per heavy atom. The average Bonchev–Trinajstić information content (AvgIpc) is 2.91. The van der Waals surface area contributed by atoms with Gasteiger partial charge in [0, 0.05) is 23.7 Å². The number of hydrogen-bond acceptors (Lipinski definition) is 4. The van der Waals surface area contributed by atoms with Gasteiger partial charge in [-0.15, -0.1) is 0 Å². The van der Waals surface area contributed by atoms with Gasteiger partial charge in [0.25, 0.3) is 0 Å². The number of rotatable bonds is 3. The van der Waals surface area contributed by atoms with E-state index in [1.165, 1.54) is 43.3 Å². The number of anilines is 2. The van der Waals surface area contributed by atoms with E-state index in [4.69, 9.17) is 0 Å². The van der Waals surface area contributed by atoms with Crippen LogP contribution in [0.2, 0.25) is 0 Å². The van der Waals surface area contributed by atoms with E-state index in [2.05, 4.69) is 28.2 Å². The molecule has 2 aliphatic heterocycles. The minimum Gasteiger partial charge on any atom is -0.360 e. The van der Waals surface area contributed by atoms with Gasteiger partial charge in [-0.25, -0.2) is 0 Å². The predicted molar refractivity (Wildman–Crippen MR) is 84.0 cm³/mol. The molecular weight excluding hydrogens is 270 g/mol. The number of amides is 1. The monoisotopic (exact) mass is 289 g/mol. The van der Waals surface area contributed by atoms with E-state index in [9.17, 15) is 4.79 Å². The molecule has 0 bridgehead atoms. The van der Waals surface area contributed by atoms with Crippen molar-refractivity contribution in [3.8, 4) is 0 Å². The minimum absolute atomic E-state index is 0.178. The fraction of sp³-hybridized carbons (Fsp3) is 0.400. The van der Waals surface area contributed by atoms with E-state index in [1.807, 2.05) is 23.9 Å². The molecule has 2 heterocycles. The molecule has 5 heteroatoms. The maximum atomic E-state index is 11.3. The number of carbonyl (C=O) groups is 1. The molecule has 1 aromatic rings. The molecule has 20 heavy (non-hydrogen) atoms. The normalized spacial score (nSPS) is 21.9. The minimum atomic E-state index is -0.178. The highest BCUT2D eigenvalue weighted by Gasteiger charge is 2.27. The topological polar surface area (TPSA) is 44.4 Å². The van der Waals surface area contributed by atoms with Crippen molar-refractivity contribution in [1.29, 1.82) is 0 Å². The molecule has 0 aliphatic carbocycles. The molecule has 2 aliphatic rings. The fourth-order valence-corrected chi connectivity index (χ4v) is 3.80. The molecule has 1 unspecified atom stereocenters. The fourth-order valence-electron chi connectivity index (χ4n) is 2.62. The second-order valence-electron chi connectivity index (χ2n) is 5.12. The van der Waals surface area contributed by atoms with E-state index >= 15 is 0 Å². The highest BCUT2D eigenvalue weighted by atomic mass is 32.2. The summed E-state index contributed by atoms with van der Waals surface area (Å²) in [5.74, 6) is -0.178. The average molecular weight is 289 g/mol. The Kier molecular flexibility index (Phi) is 3.98. The number of carbonyl (C=O) groups excluding carboxylic acids is 1. The van der Waals surface area contributed by atoms with Crippen molar-refractivity contribution in [2.75, 3.05) is 23.7 Å². The summed E-state index contributed by atoms with van der Waals surface area (Å²) >= 11 is 1.86. The third kappa shape index (κ3) is 2.83. The molecule has 1 saturated heterocycles. The van der Waals surface area contributed by atoms with Gasteiger partial charge >= 0.3 is 0 Å². The third-order valence-electron chi connectivity index (χ3n) is 3.67. The summed E-state index contributed by atoms with van der Waals surface area (Å²) in [5.41, 5.74) is 2.24. The van der Waals surface area contributed by atoms with Crippen molar-refractivity contribution in [3.05, 3.63) is 30.9 Å². The Hall–Kier alpha value is -1.46. The first kappa shape index (κ1) is 13.5. The van der Waals surface area contributed by atoms with Crippen LogP contribution in [0, 0.1) is 0 Å². The van der Waals surface area contributed by atoms with Crippen LogP contribution in [0.4, 0.5) is 11.4 Å². The maximum absolute atomic E-state index is 11.3. The molecular formula is C15H19N3OS. The molecule has 3 rings (SSSR count). The van der Waals surface area contributed by atoms with Crippen LogP contribution in [0.5, 0.6) is 0 Å². The lowest BCUT2D eigenvalue weighted by Gasteiger charge is -2.31. The van der Waals surface area contributed by atoms with Gasteiger partial charge in [0.15, 0.2) is 0 Å². The zero-order valence-corrected chi connectivity index (χ0v) is 12.2. The van der Waals surface area contributed by atoms with Crippen LogP contribution in [0.15, 0.2) is 35.7 Å². The number of fused-ring (bicyclic) bond motifs is 1. The molecule has 0 radical (unpaired) electrons. The van der Waals surface area contributed by atoms with Crippen molar-refractivity contribution < 1.29 is 4.79 Å². The smallest absolute Gasteiger partial charge is 0.247 e. The molecule has 2 N–H and O–H groups in total. The maximum Gasteiger partial charge on any atom is 0.247 e. The Bertz CT molecular complexity index is 526. The van der Waals surface area contributed by atoms with Gasteiger partial charge in [-0.3, -0.25) is 9.69 Å². The Morgan fingerprint density at radius 3 is 2.95 bits per heavy atom. The van der Waals surface area contributed by atoms with Crippen LogP contribution in [0.25, 0.3) is 0 Å². The molecule has 4 nitrogen and oxygen atoms in total. The summed E-state index contributed by atoms with van der Waals surface area (Å²) in [6.45, 7) is 5.79. The second kappa shape index (κ2) is 5.89. The number of likely N-dealkylation sites (tertiary alicyclic amines) is 1. The number of hydrogen-bond donors (Lipinski definition) is 2. The van der Waals surface area contributed by atoms with Gasteiger partial charge in [0.2, 0.25) is 5.91 Å². The SMILES string of the molecule is C=CC(=O)Nc1ccc2c(c1)NC(N1CCCCC1)S2. The van der Waals surface area contributed by atoms with Crippen LogP contribution in [-0.4, -0.2) is 29.4 Å². The second-order valence-corrected chi connectivity index (χ2v) is 6.24. The highest BCUT2D eigenvalue weighted by Crippen LogP contribution is 2.41. The van der Waals surface area contributed by atoms with Crippen LogP contribution < -0.4 is 10.6 Å². The van der Waals surface area contributed by atoms with Crippen molar-refractivity contribution in [1.82, 2.24) is 4.90 Å². The quantitative estimate of drug-likeness (QED) is 0.839. The molecule has 1 amide bonds.